The molecule has 1 aliphatic rings. The van der Waals surface area contributed by atoms with Crippen molar-refractivity contribution < 1.29 is 4.79 Å². The average Bonchev–Trinajstić information content (AvgIpc) is 3.21. The van der Waals surface area contributed by atoms with Crippen LogP contribution in [0.5, 0.6) is 0 Å². The molecular formula is C20H22N4O2S. The lowest BCUT2D eigenvalue weighted by atomic mass is 10.2. The van der Waals surface area contributed by atoms with Crippen molar-refractivity contribution in [3.63, 3.8) is 0 Å². The topological polar surface area (TPSA) is 58.4 Å². The molecule has 27 heavy (non-hydrogen) atoms. The molecule has 0 N–H and O–H groups in total. The largest absolute Gasteiger partial charge is 0.340 e. The number of rotatable bonds is 5. The molecule has 7 heteroatoms. The van der Waals surface area contributed by atoms with E-state index in [1.54, 1.807) is 17.4 Å². The summed E-state index contributed by atoms with van der Waals surface area (Å²) in [7, 11) is 0. The summed E-state index contributed by atoms with van der Waals surface area (Å²) in [6.07, 6.45) is 1.86. The van der Waals surface area contributed by atoms with E-state index >= 15 is 0 Å². The van der Waals surface area contributed by atoms with Crippen LogP contribution in [0.25, 0.3) is 10.9 Å². The van der Waals surface area contributed by atoms with Crippen LogP contribution in [0, 0.1) is 0 Å². The number of amides is 1. The Morgan fingerprint density at radius 3 is 2.67 bits per heavy atom. The molecule has 1 aliphatic heterocycles. The molecule has 3 aromatic rings. The molecule has 4 rings (SSSR count). The fraction of sp³-hybridized carbons (Fsp3) is 0.350. The Bertz CT molecular complexity index is 975. The Hall–Kier alpha value is -2.51. The SMILES string of the molecule is O=C(CCn1cnc2ccccc2c1=O)N1CCN(Cc2cccs2)CC1. The lowest BCUT2D eigenvalue weighted by molar-refractivity contribution is -0.133. The standard InChI is InChI=1S/C20H22N4O2S/c25-19(23-11-9-22(10-12-23)14-16-4-3-13-27-16)7-8-24-15-21-18-6-2-1-5-17(18)20(24)26/h1-6,13,15H,7-12,14H2. The Kier molecular flexibility index (Phi) is 5.31. The number of aryl methyl sites for hydroxylation is 1. The van der Waals surface area contributed by atoms with E-state index in [4.69, 9.17) is 0 Å². The first kappa shape index (κ1) is 17.9. The van der Waals surface area contributed by atoms with Crippen molar-refractivity contribution in [2.75, 3.05) is 26.2 Å². The van der Waals surface area contributed by atoms with Crippen LogP contribution in [0.15, 0.2) is 52.9 Å². The van der Waals surface area contributed by atoms with Gasteiger partial charge in [-0.25, -0.2) is 4.98 Å². The fourth-order valence-corrected chi connectivity index (χ4v) is 4.16. The van der Waals surface area contributed by atoms with Gasteiger partial charge in [0, 0.05) is 50.6 Å². The second kappa shape index (κ2) is 8.02. The third-order valence-electron chi connectivity index (χ3n) is 4.98. The van der Waals surface area contributed by atoms with Gasteiger partial charge in [-0.15, -0.1) is 11.3 Å². The molecule has 140 valence electrons. The number of hydrogen-bond acceptors (Lipinski definition) is 5. The van der Waals surface area contributed by atoms with Crippen LogP contribution in [0.3, 0.4) is 0 Å². The number of benzene rings is 1. The summed E-state index contributed by atoms with van der Waals surface area (Å²) in [4.78, 5) is 35.0. The molecule has 0 spiro atoms. The molecule has 3 heterocycles. The number of nitrogens with zero attached hydrogens (tertiary/aromatic N) is 4. The molecule has 0 bridgehead atoms. The lowest BCUT2D eigenvalue weighted by Crippen LogP contribution is -2.48. The number of carbonyl (C=O) groups excluding carboxylic acids is 1. The molecule has 2 aromatic heterocycles. The molecule has 1 saturated heterocycles. The van der Waals surface area contributed by atoms with E-state index in [9.17, 15) is 9.59 Å². The first-order valence-electron chi connectivity index (χ1n) is 9.17. The van der Waals surface area contributed by atoms with Gasteiger partial charge in [0.1, 0.15) is 0 Å². The molecule has 1 fully saturated rings. The first-order chi connectivity index (χ1) is 13.2. The first-order valence-corrected chi connectivity index (χ1v) is 10.1. The molecular weight excluding hydrogens is 360 g/mol. The van der Waals surface area contributed by atoms with Crippen LogP contribution < -0.4 is 5.56 Å². The van der Waals surface area contributed by atoms with Crippen molar-refractivity contribution in [3.05, 3.63) is 63.3 Å². The maximum Gasteiger partial charge on any atom is 0.261 e. The number of aromatic nitrogens is 2. The Labute approximate surface area is 161 Å². The van der Waals surface area contributed by atoms with Crippen LogP contribution >= 0.6 is 11.3 Å². The molecule has 0 aliphatic carbocycles. The second-order valence-electron chi connectivity index (χ2n) is 6.75. The van der Waals surface area contributed by atoms with Gasteiger partial charge in [0.05, 0.1) is 17.2 Å². The number of hydrogen-bond donors (Lipinski definition) is 0. The number of carbonyl (C=O) groups is 1. The lowest BCUT2D eigenvalue weighted by Gasteiger charge is -2.34. The molecule has 0 radical (unpaired) electrons. The van der Waals surface area contributed by atoms with E-state index in [1.807, 2.05) is 23.1 Å². The van der Waals surface area contributed by atoms with Crippen LogP contribution in [-0.2, 0) is 17.9 Å². The maximum absolute atomic E-state index is 12.5. The third kappa shape index (κ3) is 4.09. The number of piperazine rings is 1. The highest BCUT2D eigenvalue weighted by Gasteiger charge is 2.21. The zero-order valence-electron chi connectivity index (χ0n) is 15.1. The molecule has 6 nitrogen and oxygen atoms in total. The Morgan fingerprint density at radius 2 is 1.89 bits per heavy atom. The predicted octanol–water partition coefficient (Wildman–Crippen LogP) is 2.19. The van der Waals surface area contributed by atoms with Crippen molar-refractivity contribution >= 4 is 28.1 Å². The van der Waals surface area contributed by atoms with Crippen LogP contribution in [0.4, 0.5) is 0 Å². The zero-order chi connectivity index (χ0) is 18.6. The van der Waals surface area contributed by atoms with Gasteiger partial charge in [-0.3, -0.25) is 19.1 Å². The van der Waals surface area contributed by atoms with Gasteiger partial charge in [0.15, 0.2) is 0 Å². The van der Waals surface area contributed by atoms with E-state index in [2.05, 4.69) is 27.4 Å². The molecule has 0 saturated carbocycles. The average molecular weight is 382 g/mol. The van der Waals surface area contributed by atoms with E-state index in [0.29, 0.717) is 23.9 Å². The van der Waals surface area contributed by atoms with Crippen molar-refractivity contribution in [1.82, 2.24) is 19.4 Å². The summed E-state index contributed by atoms with van der Waals surface area (Å²) in [5, 5.41) is 2.69. The normalized spacial score (nSPS) is 15.3. The highest BCUT2D eigenvalue weighted by molar-refractivity contribution is 7.09. The van der Waals surface area contributed by atoms with Crippen LogP contribution in [0.2, 0.25) is 0 Å². The minimum absolute atomic E-state index is 0.0887. The second-order valence-corrected chi connectivity index (χ2v) is 7.78. The van der Waals surface area contributed by atoms with Crippen molar-refractivity contribution in [2.45, 2.75) is 19.5 Å². The quantitative estimate of drug-likeness (QED) is 0.679. The Balaban J connectivity index is 1.31. The number of thiophene rings is 1. The minimum atomic E-state index is -0.0887. The van der Waals surface area contributed by atoms with Crippen molar-refractivity contribution in [1.29, 1.82) is 0 Å². The van der Waals surface area contributed by atoms with E-state index in [1.165, 1.54) is 15.8 Å². The summed E-state index contributed by atoms with van der Waals surface area (Å²) in [6.45, 7) is 4.59. The smallest absolute Gasteiger partial charge is 0.261 e. The number of para-hydroxylation sites is 1. The molecule has 0 unspecified atom stereocenters. The van der Waals surface area contributed by atoms with E-state index in [0.717, 1.165) is 32.7 Å². The van der Waals surface area contributed by atoms with E-state index in [-0.39, 0.29) is 11.5 Å². The van der Waals surface area contributed by atoms with Crippen LogP contribution in [0.1, 0.15) is 11.3 Å². The maximum atomic E-state index is 12.5. The van der Waals surface area contributed by atoms with Crippen molar-refractivity contribution in [3.8, 4) is 0 Å². The molecule has 0 atom stereocenters. The monoisotopic (exact) mass is 382 g/mol. The van der Waals surface area contributed by atoms with Gasteiger partial charge in [-0.05, 0) is 23.6 Å². The van der Waals surface area contributed by atoms with Gasteiger partial charge < -0.3 is 4.90 Å². The molecule has 1 aromatic carbocycles. The summed E-state index contributed by atoms with van der Waals surface area (Å²) >= 11 is 1.77. The Morgan fingerprint density at radius 1 is 1.07 bits per heavy atom. The predicted molar refractivity (Wildman–Crippen MR) is 107 cm³/mol. The van der Waals surface area contributed by atoms with Gasteiger partial charge in [-0.2, -0.15) is 0 Å². The van der Waals surface area contributed by atoms with Gasteiger partial charge in [0.2, 0.25) is 5.91 Å². The van der Waals surface area contributed by atoms with E-state index < -0.39 is 0 Å². The fourth-order valence-electron chi connectivity index (χ4n) is 3.42. The van der Waals surface area contributed by atoms with Crippen molar-refractivity contribution in [2.24, 2.45) is 0 Å². The van der Waals surface area contributed by atoms with Gasteiger partial charge in [0.25, 0.3) is 5.56 Å². The van der Waals surface area contributed by atoms with Gasteiger partial charge >= 0.3 is 0 Å². The minimum Gasteiger partial charge on any atom is -0.340 e. The summed E-state index contributed by atoms with van der Waals surface area (Å²) in [5.41, 5.74) is 0.598. The number of fused-ring (bicyclic) bond motifs is 1. The highest BCUT2D eigenvalue weighted by atomic mass is 32.1. The highest BCUT2D eigenvalue weighted by Crippen LogP contribution is 2.14. The zero-order valence-corrected chi connectivity index (χ0v) is 15.9. The summed E-state index contributed by atoms with van der Waals surface area (Å²) < 4.78 is 1.53. The van der Waals surface area contributed by atoms with Crippen LogP contribution in [-0.4, -0.2) is 51.4 Å². The van der Waals surface area contributed by atoms with Gasteiger partial charge in [-0.1, -0.05) is 18.2 Å². The third-order valence-corrected chi connectivity index (χ3v) is 5.84. The molecule has 1 amide bonds. The summed E-state index contributed by atoms with van der Waals surface area (Å²) in [5.74, 6) is 0.103. The summed E-state index contributed by atoms with van der Waals surface area (Å²) in [6, 6.07) is 11.5.